The van der Waals surface area contributed by atoms with Crippen LogP contribution >= 0.6 is 45.5 Å². The first kappa shape index (κ1) is 12.1. The maximum absolute atomic E-state index is 5.89. The summed E-state index contributed by atoms with van der Waals surface area (Å²) in [7, 11) is 0. The van der Waals surface area contributed by atoms with Crippen molar-refractivity contribution in [2.24, 2.45) is 0 Å². The standard InChI is InChI=1S/C11H10ClIN2S/c1-7-6-16-11(15-7)5-14-10-3-2-8(12)4-9(10)13/h2-4,6,14H,5H2,1H3. The molecule has 0 saturated heterocycles. The van der Waals surface area contributed by atoms with E-state index in [9.17, 15) is 0 Å². The molecule has 0 bridgehead atoms. The molecule has 2 nitrogen and oxygen atoms in total. The maximum atomic E-state index is 5.89. The molecule has 1 heterocycles. The van der Waals surface area contributed by atoms with Gasteiger partial charge in [-0.15, -0.1) is 11.3 Å². The van der Waals surface area contributed by atoms with E-state index in [1.807, 2.05) is 25.1 Å². The van der Waals surface area contributed by atoms with Crippen LogP contribution in [0.15, 0.2) is 23.6 Å². The van der Waals surface area contributed by atoms with Crippen LogP contribution in [0.5, 0.6) is 0 Å². The zero-order valence-corrected chi connectivity index (χ0v) is 12.4. The van der Waals surface area contributed by atoms with Gasteiger partial charge in [-0.2, -0.15) is 0 Å². The molecule has 0 fully saturated rings. The van der Waals surface area contributed by atoms with Crippen LogP contribution in [0.2, 0.25) is 5.02 Å². The van der Waals surface area contributed by atoms with Crippen LogP contribution < -0.4 is 5.32 Å². The summed E-state index contributed by atoms with van der Waals surface area (Å²) < 4.78 is 1.12. The fourth-order valence-electron chi connectivity index (χ4n) is 1.29. The lowest BCUT2D eigenvalue weighted by atomic mass is 10.3. The van der Waals surface area contributed by atoms with Crippen molar-refractivity contribution in [2.75, 3.05) is 5.32 Å². The summed E-state index contributed by atoms with van der Waals surface area (Å²) in [5.41, 5.74) is 2.17. The molecule has 1 aromatic heterocycles. The number of aromatic nitrogens is 1. The molecular formula is C11H10ClIN2S. The summed E-state index contributed by atoms with van der Waals surface area (Å²) >= 11 is 9.84. The van der Waals surface area contributed by atoms with Crippen LogP contribution in [0.1, 0.15) is 10.7 Å². The fourth-order valence-corrected chi connectivity index (χ4v) is 3.06. The lowest BCUT2D eigenvalue weighted by Gasteiger charge is -2.06. The minimum Gasteiger partial charge on any atom is -0.378 e. The maximum Gasteiger partial charge on any atom is 0.112 e. The summed E-state index contributed by atoms with van der Waals surface area (Å²) in [5.74, 6) is 0. The smallest absolute Gasteiger partial charge is 0.112 e. The minimum atomic E-state index is 0.760. The molecule has 0 unspecified atom stereocenters. The number of anilines is 1. The lowest BCUT2D eigenvalue weighted by Crippen LogP contribution is -2.00. The van der Waals surface area contributed by atoms with Gasteiger partial charge in [0.25, 0.3) is 0 Å². The molecule has 0 aliphatic rings. The number of thiazole rings is 1. The van der Waals surface area contributed by atoms with E-state index >= 15 is 0 Å². The van der Waals surface area contributed by atoms with Gasteiger partial charge in [-0.25, -0.2) is 4.98 Å². The molecular weight excluding hydrogens is 355 g/mol. The first-order valence-electron chi connectivity index (χ1n) is 4.75. The van der Waals surface area contributed by atoms with E-state index in [1.54, 1.807) is 11.3 Å². The number of hydrogen-bond acceptors (Lipinski definition) is 3. The van der Waals surface area contributed by atoms with Gasteiger partial charge in [0.2, 0.25) is 0 Å². The first-order valence-corrected chi connectivity index (χ1v) is 7.09. The molecule has 0 aliphatic carbocycles. The zero-order valence-electron chi connectivity index (χ0n) is 8.63. The predicted molar refractivity (Wildman–Crippen MR) is 78.3 cm³/mol. The van der Waals surface area contributed by atoms with Crippen LogP contribution in [0.3, 0.4) is 0 Å². The number of aryl methyl sites for hydroxylation is 1. The van der Waals surface area contributed by atoms with Crippen LogP contribution in [0.4, 0.5) is 5.69 Å². The molecule has 1 N–H and O–H groups in total. The van der Waals surface area contributed by atoms with Crippen molar-refractivity contribution in [3.63, 3.8) is 0 Å². The Labute approximate surface area is 117 Å². The summed E-state index contributed by atoms with van der Waals surface area (Å²) in [6.07, 6.45) is 0. The van der Waals surface area contributed by atoms with Crippen molar-refractivity contribution in [3.8, 4) is 0 Å². The molecule has 84 valence electrons. The van der Waals surface area contributed by atoms with E-state index in [0.717, 1.165) is 31.5 Å². The van der Waals surface area contributed by atoms with E-state index in [-0.39, 0.29) is 0 Å². The second-order valence-electron chi connectivity index (χ2n) is 3.36. The lowest BCUT2D eigenvalue weighted by molar-refractivity contribution is 1.07. The Morgan fingerprint density at radius 2 is 2.31 bits per heavy atom. The number of rotatable bonds is 3. The van der Waals surface area contributed by atoms with Gasteiger partial charge in [-0.05, 0) is 47.7 Å². The monoisotopic (exact) mass is 364 g/mol. The first-order chi connectivity index (χ1) is 7.65. The fraction of sp³-hybridized carbons (Fsp3) is 0.182. The number of halogens is 2. The average Bonchev–Trinajstić information content (AvgIpc) is 2.63. The predicted octanol–water partition coefficient (Wildman–Crippen LogP) is 4.32. The van der Waals surface area contributed by atoms with Gasteiger partial charge in [0, 0.05) is 25.4 Å². The Morgan fingerprint density at radius 3 is 2.94 bits per heavy atom. The molecule has 0 radical (unpaired) electrons. The molecule has 2 rings (SSSR count). The van der Waals surface area contributed by atoms with Crippen molar-refractivity contribution in [3.05, 3.63) is 42.9 Å². The van der Waals surface area contributed by atoms with E-state index < -0.39 is 0 Å². The molecule has 0 saturated carbocycles. The molecule has 5 heteroatoms. The van der Waals surface area contributed by atoms with Gasteiger partial charge >= 0.3 is 0 Å². The van der Waals surface area contributed by atoms with Gasteiger partial charge in [0.15, 0.2) is 0 Å². The Balaban J connectivity index is 2.04. The SMILES string of the molecule is Cc1csc(CNc2ccc(Cl)cc2I)n1. The second-order valence-corrected chi connectivity index (χ2v) is 5.90. The van der Waals surface area contributed by atoms with Gasteiger partial charge < -0.3 is 5.32 Å². The van der Waals surface area contributed by atoms with Crippen molar-refractivity contribution in [1.29, 1.82) is 0 Å². The highest BCUT2D eigenvalue weighted by molar-refractivity contribution is 14.1. The largest absolute Gasteiger partial charge is 0.378 e. The normalized spacial score (nSPS) is 10.4. The third-order valence-electron chi connectivity index (χ3n) is 2.03. The second kappa shape index (κ2) is 5.33. The molecule has 0 atom stereocenters. The highest BCUT2D eigenvalue weighted by Crippen LogP contribution is 2.23. The Morgan fingerprint density at radius 1 is 1.50 bits per heavy atom. The zero-order chi connectivity index (χ0) is 11.5. The molecule has 16 heavy (non-hydrogen) atoms. The van der Waals surface area contributed by atoms with Crippen LogP contribution in [-0.4, -0.2) is 4.98 Å². The van der Waals surface area contributed by atoms with Crippen molar-refractivity contribution >= 4 is 51.2 Å². The van der Waals surface area contributed by atoms with Gasteiger partial charge in [0.05, 0.1) is 6.54 Å². The molecule has 0 aliphatic heterocycles. The number of nitrogens with one attached hydrogen (secondary N) is 1. The summed E-state index contributed by atoms with van der Waals surface area (Å²) in [4.78, 5) is 4.40. The van der Waals surface area contributed by atoms with E-state index in [4.69, 9.17) is 11.6 Å². The Bertz CT molecular complexity index is 498. The van der Waals surface area contributed by atoms with Gasteiger partial charge in [-0.3, -0.25) is 0 Å². The van der Waals surface area contributed by atoms with Crippen molar-refractivity contribution < 1.29 is 0 Å². The third kappa shape index (κ3) is 3.09. The number of hydrogen-bond donors (Lipinski definition) is 1. The summed E-state index contributed by atoms with van der Waals surface area (Å²) in [6, 6.07) is 5.82. The van der Waals surface area contributed by atoms with E-state index in [1.165, 1.54) is 0 Å². The average molecular weight is 365 g/mol. The number of benzene rings is 1. The van der Waals surface area contributed by atoms with Crippen LogP contribution in [0.25, 0.3) is 0 Å². The number of nitrogens with zero attached hydrogens (tertiary/aromatic N) is 1. The highest BCUT2D eigenvalue weighted by atomic mass is 127. The van der Waals surface area contributed by atoms with E-state index in [2.05, 4.69) is 38.3 Å². The van der Waals surface area contributed by atoms with Gasteiger partial charge in [-0.1, -0.05) is 11.6 Å². The molecule has 2 aromatic rings. The summed E-state index contributed by atoms with van der Waals surface area (Å²) in [6.45, 7) is 2.77. The molecule has 0 spiro atoms. The third-order valence-corrected chi connectivity index (χ3v) is 4.12. The highest BCUT2D eigenvalue weighted by Gasteiger charge is 2.02. The van der Waals surface area contributed by atoms with Crippen molar-refractivity contribution in [2.45, 2.75) is 13.5 Å². The topological polar surface area (TPSA) is 24.9 Å². The van der Waals surface area contributed by atoms with Crippen molar-refractivity contribution in [1.82, 2.24) is 4.98 Å². The van der Waals surface area contributed by atoms with Crippen LogP contribution in [0, 0.1) is 10.5 Å². The Hall–Kier alpha value is -0.330. The van der Waals surface area contributed by atoms with Crippen LogP contribution in [-0.2, 0) is 6.54 Å². The summed E-state index contributed by atoms with van der Waals surface area (Å²) in [5, 5.41) is 7.28. The Kier molecular flexibility index (Phi) is 4.05. The quantitative estimate of drug-likeness (QED) is 0.820. The van der Waals surface area contributed by atoms with E-state index in [0.29, 0.717) is 0 Å². The van der Waals surface area contributed by atoms with Gasteiger partial charge in [0.1, 0.15) is 5.01 Å². The molecule has 0 amide bonds. The minimum absolute atomic E-state index is 0.760. The molecule has 1 aromatic carbocycles.